The molecule has 0 atom stereocenters. The van der Waals surface area contributed by atoms with Gasteiger partial charge in [-0.2, -0.15) is 0 Å². The Bertz CT molecular complexity index is 396. The summed E-state index contributed by atoms with van der Waals surface area (Å²) >= 11 is 0. The number of phenolic OH excluding ortho intramolecular Hbond substituents is 1. The minimum Gasteiger partial charge on any atom is -0.507 e. The van der Waals surface area contributed by atoms with Gasteiger partial charge in [-0.3, -0.25) is 4.79 Å². The number of amides is 1. The molecule has 1 rings (SSSR count). The van der Waals surface area contributed by atoms with E-state index < -0.39 is 17.5 Å². The zero-order chi connectivity index (χ0) is 10.6. The van der Waals surface area contributed by atoms with Gasteiger partial charge in [0.15, 0.2) is 0 Å². The molecule has 2 N–H and O–H groups in total. The molecule has 0 saturated heterocycles. The van der Waals surface area contributed by atoms with Crippen molar-refractivity contribution in [3.8, 4) is 18.1 Å². The van der Waals surface area contributed by atoms with Crippen molar-refractivity contribution in [3.05, 3.63) is 29.6 Å². The van der Waals surface area contributed by atoms with Gasteiger partial charge in [-0.15, -0.1) is 6.42 Å². The summed E-state index contributed by atoms with van der Waals surface area (Å²) in [6.45, 7) is 0.0651. The van der Waals surface area contributed by atoms with Gasteiger partial charge in [-0.05, 0) is 12.1 Å². The summed E-state index contributed by atoms with van der Waals surface area (Å²) in [7, 11) is 0. The molecule has 1 aromatic carbocycles. The molecule has 0 saturated carbocycles. The first-order valence-electron chi connectivity index (χ1n) is 3.85. The molecule has 0 heterocycles. The molecule has 0 radical (unpaired) electrons. The molecule has 72 valence electrons. The molecule has 14 heavy (non-hydrogen) atoms. The van der Waals surface area contributed by atoms with Crippen molar-refractivity contribution < 1.29 is 14.3 Å². The monoisotopic (exact) mass is 193 g/mol. The van der Waals surface area contributed by atoms with Crippen molar-refractivity contribution in [2.75, 3.05) is 6.54 Å². The summed E-state index contributed by atoms with van der Waals surface area (Å²) < 4.78 is 12.5. The van der Waals surface area contributed by atoms with Crippen molar-refractivity contribution in [1.82, 2.24) is 5.32 Å². The topological polar surface area (TPSA) is 49.3 Å². The lowest BCUT2D eigenvalue weighted by Gasteiger charge is -2.03. The Morgan fingerprint density at radius 3 is 2.93 bits per heavy atom. The van der Waals surface area contributed by atoms with Crippen LogP contribution in [0.15, 0.2) is 18.2 Å². The van der Waals surface area contributed by atoms with Crippen molar-refractivity contribution >= 4 is 5.91 Å². The lowest BCUT2D eigenvalue weighted by molar-refractivity contribution is 0.0956. The Hall–Kier alpha value is -2.02. The van der Waals surface area contributed by atoms with Gasteiger partial charge in [-0.1, -0.05) is 5.92 Å². The van der Waals surface area contributed by atoms with Gasteiger partial charge < -0.3 is 10.4 Å². The zero-order valence-corrected chi connectivity index (χ0v) is 7.25. The van der Waals surface area contributed by atoms with Crippen LogP contribution in [-0.2, 0) is 0 Å². The van der Waals surface area contributed by atoms with Gasteiger partial charge in [0.2, 0.25) is 0 Å². The van der Waals surface area contributed by atoms with E-state index in [2.05, 4.69) is 11.2 Å². The molecule has 0 bridgehead atoms. The minimum atomic E-state index is -0.601. The van der Waals surface area contributed by atoms with Gasteiger partial charge in [0, 0.05) is 6.07 Å². The molecule has 3 nitrogen and oxygen atoms in total. The quantitative estimate of drug-likeness (QED) is 0.685. The number of carbonyl (C=O) groups is 1. The van der Waals surface area contributed by atoms with Crippen LogP contribution in [-0.4, -0.2) is 17.6 Å². The average Bonchev–Trinajstić information content (AvgIpc) is 2.14. The second kappa shape index (κ2) is 4.28. The molecule has 1 aromatic rings. The number of aromatic hydroxyl groups is 1. The van der Waals surface area contributed by atoms with Crippen LogP contribution in [0.1, 0.15) is 10.4 Å². The summed E-state index contributed by atoms with van der Waals surface area (Å²) in [5, 5.41) is 11.6. The third-order valence-corrected chi connectivity index (χ3v) is 1.56. The number of hydrogen-bond acceptors (Lipinski definition) is 2. The van der Waals surface area contributed by atoms with E-state index in [-0.39, 0.29) is 12.1 Å². The number of rotatable bonds is 2. The van der Waals surface area contributed by atoms with Gasteiger partial charge in [0.25, 0.3) is 5.91 Å². The van der Waals surface area contributed by atoms with Crippen LogP contribution >= 0.6 is 0 Å². The van der Waals surface area contributed by atoms with E-state index in [0.29, 0.717) is 0 Å². The first kappa shape index (κ1) is 10.1. The largest absolute Gasteiger partial charge is 0.507 e. The second-order valence-electron chi connectivity index (χ2n) is 2.55. The highest BCUT2D eigenvalue weighted by Gasteiger charge is 2.10. The normalized spacial score (nSPS) is 9.14. The molecule has 0 aliphatic heterocycles. The van der Waals surface area contributed by atoms with Gasteiger partial charge in [0.1, 0.15) is 11.6 Å². The van der Waals surface area contributed by atoms with Crippen LogP contribution in [0.2, 0.25) is 0 Å². The Kier molecular flexibility index (Phi) is 3.08. The maximum atomic E-state index is 12.5. The van der Waals surface area contributed by atoms with Gasteiger partial charge in [0.05, 0.1) is 12.1 Å². The van der Waals surface area contributed by atoms with Crippen LogP contribution in [0, 0.1) is 18.2 Å². The lowest BCUT2D eigenvalue weighted by Crippen LogP contribution is -2.23. The maximum absolute atomic E-state index is 12.5. The van der Waals surface area contributed by atoms with Crippen LogP contribution in [0.5, 0.6) is 5.75 Å². The van der Waals surface area contributed by atoms with Crippen molar-refractivity contribution in [1.29, 1.82) is 0 Å². The molecule has 0 aliphatic carbocycles. The zero-order valence-electron chi connectivity index (χ0n) is 7.25. The summed E-state index contributed by atoms with van der Waals surface area (Å²) in [6.07, 6.45) is 4.93. The minimum absolute atomic E-state index is 0.00153. The van der Waals surface area contributed by atoms with E-state index >= 15 is 0 Å². The van der Waals surface area contributed by atoms with E-state index in [4.69, 9.17) is 6.42 Å². The van der Waals surface area contributed by atoms with Crippen LogP contribution in [0.25, 0.3) is 0 Å². The lowest BCUT2D eigenvalue weighted by atomic mass is 10.2. The Morgan fingerprint density at radius 1 is 1.64 bits per heavy atom. The number of hydrogen-bond donors (Lipinski definition) is 2. The predicted molar refractivity (Wildman–Crippen MR) is 49.2 cm³/mol. The first-order valence-corrected chi connectivity index (χ1v) is 3.85. The molecular weight excluding hydrogens is 185 g/mol. The molecule has 0 unspecified atom stereocenters. The Morgan fingerprint density at radius 2 is 2.36 bits per heavy atom. The smallest absolute Gasteiger partial charge is 0.255 e. The van der Waals surface area contributed by atoms with Gasteiger partial charge in [-0.25, -0.2) is 4.39 Å². The van der Waals surface area contributed by atoms with Crippen LogP contribution < -0.4 is 5.32 Å². The summed E-state index contributed by atoms with van der Waals surface area (Å²) in [5.74, 6) is 0.680. The van der Waals surface area contributed by atoms with Gasteiger partial charge >= 0.3 is 0 Å². The number of halogens is 1. The number of benzene rings is 1. The Labute approximate surface area is 80.6 Å². The maximum Gasteiger partial charge on any atom is 0.255 e. The molecule has 1 amide bonds. The molecule has 0 fully saturated rings. The fraction of sp³-hybridized carbons (Fsp3) is 0.100. The highest BCUT2D eigenvalue weighted by molar-refractivity contribution is 5.96. The molecule has 4 heteroatoms. The van der Waals surface area contributed by atoms with Crippen LogP contribution in [0.3, 0.4) is 0 Å². The predicted octanol–water partition coefficient (Wildman–Crippen LogP) is 0.894. The molecule has 0 aromatic heterocycles. The van der Waals surface area contributed by atoms with E-state index in [1.54, 1.807) is 0 Å². The SMILES string of the molecule is C#CCNC(=O)c1ccc(F)cc1O. The van der Waals surface area contributed by atoms with E-state index in [0.717, 1.165) is 12.1 Å². The van der Waals surface area contributed by atoms with Crippen molar-refractivity contribution in [2.45, 2.75) is 0 Å². The number of carbonyl (C=O) groups excluding carboxylic acids is 1. The average molecular weight is 193 g/mol. The third kappa shape index (κ3) is 2.23. The fourth-order valence-electron chi connectivity index (χ4n) is 0.923. The van der Waals surface area contributed by atoms with Crippen LogP contribution in [0.4, 0.5) is 4.39 Å². The standard InChI is InChI=1S/C10H8FNO2/c1-2-5-12-10(14)8-4-3-7(11)6-9(8)13/h1,3-4,6,13H,5H2,(H,12,14). The number of phenols is 1. The Balaban J connectivity index is 2.86. The molecule has 0 spiro atoms. The number of nitrogens with one attached hydrogen (secondary N) is 1. The summed E-state index contributed by atoms with van der Waals surface area (Å²) in [6, 6.07) is 3.14. The van der Waals surface area contributed by atoms with Crippen molar-refractivity contribution in [2.24, 2.45) is 0 Å². The van der Waals surface area contributed by atoms with E-state index in [1.807, 2.05) is 0 Å². The summed E-state index contributed by atoms with van der Waals surface area (Å²) in [4.78, 5) is 11.2. The third-order valence-electron chi connectivity index (χ3n) is 1.56. The highest BCUT2D eigenvalue weighted by Crippen LogP contribution is 2.17. The van der Waals surface area contributed by atoms with E-state index in [9.17, 15) is 14.3 Å². The molecular formula is C10H8FNO2. The summed E-state index contributed by atoms with van der Waals surface area (Å²) in [5.41, 5.74) is 0.00153. The highest BCUT2D eigenvalue weighted by atomic mass is 19.1. The van der Waals surface area contributed by atoms with E-state index in [1.165, 1.54) is 6.07 Å². The molecule has 0 aliphatic rings. The number of terminal acetylenes is 1. The first-order chi connectivity index (χ1) is 6.65. The van der Waals surface area contributed by atoms with Crippen molar-refractivity contribution in [3.63, 3.8) is 0 Å². The second-order valence-corrected chi connectivity index (χ2v) is 2.55. The fourth-order valence-corrected chi connectivity index (χ4v) is 0.923.